The van der Waals surface area contributed by atoms with Crippen molar-refractivity contribution in [1.29, 1.82) is 0 Å². The van der Waals surface area contributed by atoms with Crippen molar-refractivity contribution in [2.75, 3.05) is 18.5 Å². The van der Waals surface area contributed by atoms with Gasteiger partial charge in [-0.15, -0.1) is 0 Å². The molecule has 0 unspecified atom stereocenters. The molecule has 0 aromatic heterocycles. The molecule has 0 bridgehead atoms. The second kappa shape index (κ2) is 7.50. The molecular formula is C12H17IN2O2. The maximum Gasteiger partial charge on any atom is 0.319 e. The number of carbonyl (C=O) groups is 1. The molecule has 4 nitrogen and oxygen atoms in total. The standard InChI is InChI=1S/C12H17IN2O2/c1-9-4-5-10(13)8-11(9)15-12(17)14-6-2-3-7-16/h4-5,8,16H,2-3,6-7H2,1H3,(H2,14,15,17). The van der Waals surface area contributed by atoms with Gasteiger partial charge in [0.05, 0.1) is 0 Å². The predicted octanol–water partition coefficient (Wildman–Crippen LogP) is 2.49. The lowest BCUT2D eigenvalue weighted by Gasteiger charge is -2.10. The van der Waals surface area contributed by atoms with Crippen LogP contribution < -0.4 is 10.6 Å². The second-order valence-corrected chi connectivity index (χ2v) is 5.02. The Morgan fingerprint density at radius 1 is 1.41 bits per heavy atom. The van der Waals surface area contributed by atoms with Gasteiger partial charge in [0.25, 0.3) is 0 Å². The fraction of sp³-hybridized carbons (Fsp3) is 0.417. The first kappa shape index (κ1) is 14.2. The molecule has 1 aromatic rings. The molecule has 0 aliphatic heterocycles. The summed E-state index contributed by atoms with van der Waals surface area (Å²) in [6.07, 6.45) is 1.50. The van der Waals surface area contributed by atoms with Gasteiger partial charge in [-0.25, -0.2) is 4.79 Å². The molecule has 17 heavy (non-hydrogen) atoms. The Kier molecular flexibility index (Phi) is 6.28. The average molecular weight is 348 g/mol. The Balaban J connectivity index is 2.42. The number of aryl methyl sites for hydroxylation is 1. The van der Waals surface area contributed by atoms with Crippen molar-refractivity contribution in [3.05, 3.63) is 27.3 Å². The lowest BCUT2D eigenvalue weighted by atomic mass is 10.2. The van der Waals surface area contributed by atoms with Crippen LogP contribution in [0.3, 0.4) is 0 Å². The number of urea groups is 1. The molecule has 5 heteroatoms. The van der Waals surface area contributed by atoms with Gasteiger partial charge >= 0.3 is 6.03 Å². The van der Waals surface area contributed by atoms with Gasteiger partial charge in [0.2, 0.25) is 0 Å². The molecule has 0 atom stereocenters. The fourth-order valence-corrected chi connectivity index (χ4v) is 1.83. The number of rotatable bonds is 5. The van der Waals surface area contributed by atoms with E-state index in [0.717, 1.165) is 21.2 Å². The first-order valence-electron chi connectivity index (χ1n) is 5.55. The van der Waals surface area contributed by atoms with Crippen molar-refractivity contribution in [2.45, 2.75) is 19.8 Å². The van der Waals surface area contributed by atoms with Crippen molar-refractivity contribution >= 4 is 34.3 Å². The number of benzene rings is 1. The van der Waals surface area contributed by atoms with E-state index in [-0.39, 0.29) is 12.6 Å². The predicted molar refractivity (Wildman–Crippen MR) is 77.2 cm³/mol. The quantitative estimate of drug-likeness (QED) is 0.566. The zero-order valence-corrected chi connectivity index (χ0v) is 12.0. The maximum atomic E-state index is 11.6. The summed E-state index contributed by atoms with van der Waals surface area (Å²) in [7, 11) is 0. The summed E-state index contributed by atoms with van der Waals surface area (Å²) in [5.74, 6) is 0. The van der Waals surface area contributed by atoms with Gasteiger partial charge in [-0.3, -0.25) is 0 Å². The van der Waals surface area contributed by atoms with Crippen LogP contribution in [0.5, 0.6) is 0 Å². The van der Waals surface area contributed by atoms with Crippen LogP contribution in [-0.2, 0) is 0 Å². The van der Waals surface area contributed by atoms with E-state index in [0.29, 0.717) is 13.0 Å². The number of nitrogens with one attached hydrogen (secondary N) is 2. The van der Waals surface area contributed by atoms with E-state index >= 15 is 0 Å². The van der Waals surface area contributed by atoms with E-state index in [4.69, 9.17) is 5.11 Å². The van der Waals surface area contributed by atoms with Crippen LogP contribution in [0.4, 0.5) is 10.5 Å². The number of hydrogen-bond donors (Lipinski definition) is 3. The summed E-state index contributed by atoms with van der Waals surface area (Å²) < 4.78 is 1.09. The number of anilines is 1. The van der Waals surface area contributed by atoms with Gasteiger partial charge in [-0.05, 0) is 60.1 Å². The molecular weight excluding hydrogens is 331 g/mol. The number of aliphatic hydroxyl groups is 1. The van der Waals surface area contributed by atoms with E-state index in [2.05, 4.69) is 33.2 Å². The highest BCUT2D eigenvalue weighted by atomic mass is 127. The Morgan fingerprint density at radius 2 is 2.18 bits per heavy atom. The van der Waals surface area contributed by atoms with Crippen LogP contribution in [-0.4, -0.2) is 24.3 Å². The lowest BCUT2D eigenvalue weighted by Crippen LogP contribution is -2.29. The summed E-state index contributed by atoms with van der Waals surface area (Å²) in [5.41, 5.74) is 1.87. The molecule has 1 aromatic carbocycles. The SMILES string of the molecule is Cc1ccc(I)cc1NC(=O)NCCCCO. The zero-order valence-electron chi connectivity index (χ0n) is 9.79. The number of hydrogen-bond acceptors (Lipinski definition) is 2. The Bertz CT molecular complexity index is 383. The summed E-state index contributed by atoms with van der Waals surface area (Å²) in [6.45, 7) is 2.70. The molecule has 1 rings (SSSR count). The zero-order chi connectivity index (χ0) is 12.7. The van der Waals surface area contributed by atoms with Crippen molar-refractivity contribution < 1.29 is 9.90 Å². The Labute approximate surface area is 115 Å². The number of carbonyl (C=O) groups excluding carboxylic acids is 1. The smallest absolute Gasteiger partial charge is 0.319 e. The maximum absolute atomic E-state index is 11.6. The third-order valence-corrected chi connectivity index (χ3v) is 2.99. The second-order valence-electron chi connectivity index (χ2n) is 3.77. The van der Waals surface area contributed by atoms with Crippen LogP contribution in [0.2, 0.25) is 0 Å². The number of halogens is 1. The summed E-state index contributed by atoms with van der Waals surface area (Å²) in [4.78, 5) is 11.6. The minimum atomic E-state index is -0.201. The first-order valence-corrected chi connectivity index (χ1v) is 6.63. The van der Waals surface area contributed by atoms with Gasteiger partial charge in [0.15, 0.2) is 0 Å². The molecule has 0 heterocycles. The summed E-state index contributed by atoms with van der Waals surface area (Å²) in [5, 5.41) is 14.2. The number of aliphatic hydroxyl groups excluding tert-OH is 1. The van der Waals surface area contributed by atoms with Crippen LogP contribution >= 0.6 is 22.6 Å². The largest absolute Gasteiger partial charge is 0.396 e. The highest BCUT2D eigenvalue weighted by Crippen LogP contribution is 2.17. The van der Waals surface area contributed by atoms with Crippen LogP contribution in [0.1, 0.15) is 18.4 Å². The molecule has 0 aliphatic rings. The van der Waals surface area contributed by atoms with E-state index in [9.17, 15) is 4.79 Å². The lowest BCUT2D eigenvalue weighted by molar-refractivity contribution is 0.250. The van der Waals surface area contributed by atoms with Crippen molar-refractivity contribution in [1.82, 2.24) is 5.32 Å². The molecule has 0 saturated heterocycles. The minimum Gasteiger partial charge on any atom is -0.396 e. The van der Waals surface area contributed by atoms with E-state index in [1.807, 2.05) is 25.1 Å². The summed E-state index contributed by atoms with van der Waals surface area (Å²) in [6, 6.07) is 5.71. The van der Waals surface area contributed by atoms with Gasteiger partial charge in [0, 0.05) is 22.4 Å². The third kappa shape index (κ3) is 5.36. The van der Waals surface area contributed by atoms with Gasteiger partial charge in [-0.2, -0.15) is 0 Å². The molecule has 2 amide bonds. The monoisotopic (exact) mass is 348 g/mol. The van der Waals surface area contributed by atoms with Crippen LogP contribution in [0.25, 0.3) is 0 Å². The molecule has 0 aliphatic carbocycles. The fourth-order valence-electron chi connectivity index (χ4n) is 1.33. The van der Waals surface area contributed by atoms with Crippen LogP contribution in [0, 0.1) is 10.5 Å². The van der Waals surface area contributed by atoms with Gasteiger partial charge < -0.3 is 15.7 Å². The third-order valence-electron chi connectivity index (χ3n) is 2.32. The Hall–Kier alpha value is -0.820. The molecule has 0 spiro atoms. The Morgan fingerprint density at radius 3 is 2.88 bits per heavy atom. The molecule has 0 fully saturated rings. The normalized spacial score (nSPS) is 10.1. The highest BCUT2D eigenvalue weighted by molar-refractivity contribution is 14.1. The molecule has 94 valence electrons. The van der Waals surface area contributed by atoms with Crippen LogP contribution in [0.15, 0.2) is 18.2 Å². The van der Waals surface area contributed by atoms with E-state index in [1.165, 1.54) is 0 Å². The van der Waals surface area contributed by atoms with Gasteiger partial charge in [-0.1, -0.05) is 6.07 Å². The summed E-state index contributed by atoms with van der Waals surface area (Å²) >= 11 is 2.21. The first-order chi connectivity index (χ1) is 8.13. The van der Waals surface area contributed by atoms with Crippen molar-refractivity contribution in [3.8, 4) is 0 Å². The average Bonchev–Trinajstić information content (AvgIpc) is 2.29. The van der Waals surface area contributed by atoms with Gasteiger partial charge in [0.1, 0.15) is 0 Å². The number of unbranched alkanes of at least 4 members (excludes halogenated alkanes) is 1. The molecule has 0 saturated carbocycles. The molecule has 0 radical (unpaired) electrons. The van der Waals surface area contributed by atoms with Crippen molar-refractivity contribution in [2.24, 2.45) is 0 Å². The minimum absolute atomic E-state index is 0.166. The topological polar surface area (TPSA) is 61.4 Å². The van der Waals surface area contributed by atoms with Crippen molar-refractivity contribution in [3.63, 3.8) is 0 Å². The number of amides is 2. The van der Waals surface area contributed by atoms with E-state index in [1.54, 1.807) is 0 Å². The van der Waals surface area contributed by atoms with E-state index < -0.39 is 0 Å². The molecule has 3 N–H and O–H groups in total. The highest BCUT2D eigenvalue weighted by Gasteiger charge is 2.04.